The van der Waals surface area contributed by atoms with Crippen LogP contribution in [0.5, 0.6) is 0 Å². The zero-order chi connectivity index (χ0) is 17.4. The van der Waals surface area contributed by atoms with Gasteiger partial charge in [-0.25, -0.2) is 0 Å². The molecule has 0 spiro atoms. The molecule has 2 fully saturated rings. The van der Waals surface area contributed by atoms with E-state index >= 15 is 0 Å². The Morgan fingerprint density at radius 1 is 1.17 bits per heavy atom. The second-order valence-electron chi connectivity index (χ2n) is 8.03. The molecule has 2 N–H and O–H groups in total. The Balaban J connectivity index is 1.62. The van der Waals surface area contributed by atoms with Gasteiger partial charge in [0.15, 0.2) is 5.96 Å². The van der Waals surface area contributed by atoms with Crippen molar-refractivity contribution >= 4 is 5.96 Å². The lowest BCUT2D eigenvalue weighted by atomic mass is 10.0. The van der Waals surface area contributed by atoms with Crippen molar-refractivity contribution in [1.82, 2.24) is 20.4 Å². The monoisotopic (exact) mass is 337 g/mol. The molecule has 0 atom stereocenters. The number of aliphatic imine (C=N–C) groups is 1. The van der Waals surface area contributed by atoms with Crippen molar-refractivity contribution in [2.24, 2.45) is 10.9 Å². The predicted molar refractivity (Wildman–Crippen MR) is 104 cm³/mol. The van der Waals surface area contributed by atoms with Crippen molar-refractivity contribution in [3.63, 3.8) is 0 Å². The molecule has 5 heteroatoms. The molecule has 5 nitrogen and oxygen atoms in total. The van der Waals surface area contributed by atoms with Crippen molar-refractivity contribution in [3.8, 4) is 0 Å². The third-order valence-electron chi connectivity index (χ3n) is 5.48. The molecule has 1 aliphatic heterocycles. The molecule has 0 aromatic heterocycles. The van der Waals surface area contributed by atoms with Crippen LogP contribution in [-0.4, -0.2) is 74.7 Å². The Labute approximate surface area is 149 Å². The molecule has 1 aliphatic carbocycles. The van der Waals surface area contributed by atoms with Crippen LogP contribution in [-0.2, 0) is 0 Å². The van der Waals surface area contributed by atoms with E-state index in [-0.39, 0.29) is 0 Å². The fourth-order valence-electron chi connectivity index (χ4n) is 4.04. The second kappa shape index (κ2) is 10.2. The van der Waals surface area contributed by atoms with Gasteiger partial charge in [-0.2, -0.15) is 0 Å². The third kappa shape index (κ3) is 6.60. The Bertz CT molecular complexity index is 368. The molecular weight excluding hydrogens is 298 g/mol. The number of hydrogen-bond acceptors (Lipinski definition) is 3. The van der Waals surface area contributed by atoms with E-state index in [4.69, 9.17) is 0 Å². The first-order chi connectivity index (χ1) is 11.6. The van der Waals surface area contributed by atoms with Gasteiger partial charge < -0.3 is 20.4 Å². The number of piperidine rings is 1. The standard InChI is InChI=1S/C19H39N5/c1-16(2)15-24-12-9-17(10-13-24)22-19(20-3)21-11-14-23(4)18-7-5-6-8-18/h16-18H,5-15H2,1-4H3,(H2,20,21,22). The first-order valence-electron chi connectivity index (χ1n) is 9.98. The summed E-state index contributed by atoms with van der Waals surface area (Å²) < 4.78 is 0. The minimum atomic E-state index is 0.562. The van der Waals surface area contributed by atoms with E-state index in [1.807, 2.05) is 7.05 Å². The zero-order valence-corrected chi connectivity index (χ0v) is 16.4. The summed E-state index contributed by atoms with van der Waals surface area (Å²) in [5.74, 6) is 1.73. The first kappa shape index (κ1) is 19.5. The minimum absolute atomic E-state index is 0.562. The molecule has 0 aromatic rings. The van der Waals surface area contributed by atoms with Crippen molar-refractivity contribution < 1.29 is 0 Å². The summed E-state index contributed by atoms with van der Waals surface area (Å²) in [6.07, 6.45) is 7.99. The van der Waals surface area contributed by atoms with Gasteiger partial charge in [0.25, 0.3) is 0 Å². The summed E-state index contributed by atoms with van der Waals surface area (Å²) in [5.41, 5.74) is 0. The topological polar surface area (TPSA) is 42.9 Å². The van der Waals surface area contributed by atoms with E-state index in [0.29, 0.717) is 6.04 Å². The molecule has 0 unspecified atom stereocenters. The van der Waals surface area contributed by atoms with Gasteiger partial charge in [-0.1, -0.05) is 26.7 Å². The zero-order valence-electron chi connectivity index (χ0n) is 16.4. The average molecular weight is 338 g/mol. The minimum Gasteiger partial charge on any atom is -0.355 e. The summed E-state index contributed by atoms with van der Waals surface area (Å²) in [7, 11) is 4.14. The molecule has 0 radical (unpaired) electrons. The van der Waals surface area contributed by atoms with E-state index in [2.05, 4.69) is 46.3 Å². The molecule has 1 saturated heterocycles. The fourth-order valence-corrected chi connectivity index (χ4v) is 4.04. The average Bonchev–Trinajstić information content (AvgIpc) is 3.09. The lowest BCUT2D eigenvalue weighted by Crippen LogP contribution is -2.50. The van der Waals surface area contributed by atoms with Crippen LogP contribution in [0.2, 0.25) is 0 Å². The van der Waals surface area contributed by atoms with E-state index in [9.17, 15) is 0 Å². The summed E-state index contributed by atoms with van der Waals surface area (Å²) in [6, 6.07) is 1.36. The van der Waals surface area contributed by atoms with E-state index in [0.717, 1.165) is 31.0 Å². The first-order valence-corrected chi connectivity index (χ1v) is 9.98. The molecule has 2 aliphatic rings. The van der Waals surface area contributed by atoms with Crippen LogP contribution in [0.1, 0.15) is 52.4 Å². The number of rotatable bonds is 7. The molecule has 2 rings (SSSR count). The Kier molecular flexibility index (Phi) is 8.33. The SMILES string of the molecule is CN=C(NCCN(C)C1CCCC1)NC1CCN(CC(C)C)CC1. The van der Waals surface area contributed by atoms with E-state index in [1.54, 1.807) is 0 Å². The molecule has 0 amide bonds. The summed E-state index contributed by atoms with van der Waals surface area (Å²) >= 11 is 0. The van der Waals surface area contributed by atoms with Crippen LogP contribution in [0.15, 0.2) is 4.99 Å². The van der Waals surface area contributed by atoms with Crippen molar-refractivity contribution in [2.75, 3.05) is 46.8 Å². The smallest absolute Gasteiger partial charge is 0.191 e. The van der Waals surface area contributed by atoms with Gasteiger partial charge in [0, 0.05) is 51.9 Å². The molecule has 24 heavy (non-hydrogen) atoms. The molecule has 0 aromatic carbocycles. The maximum Gasteiger partial charge on any atom is 0.191 e. The quantitative estimate of drug-likeness (QED) is 0.552. The third-order valence-corrected chi connectivity index (χ3v) is 5.48. The molecule has 1 saturated carbocycles. The predicted octanol–water partition coefficient (Wildman–Crippen LogP) is 2.15. The molecular formula is C19H39N5. The van der Waals surface area contributed by atoms with Crippen LogP contribution in [0.3, 0.4) is 0 Å². The summed E-state index contributed by atoms with van der Waals surface area (Å²) in [6.45, 7) is 10.3. The Morgan fingerprint density at radius 3 is 2.42 bits per heavy atom. The largest absolute Gasteiger partial charge is 0.355 e. The normalized spacial score (nSPS) is 21.8. The Morgan fingerprint density at radius 2 is 1.83 bits per heavy atom. The van der Waals surface area contributed by atoms with Gasteiger partial charge in [-0.15, -0.1) is 0 Å². The van der Waals surface area contributed by atoms with Crippen LogP contribution in [0.25, 0.3) is 0 Å². The fraction of sp³-hybridized carbons (Fsp3) is 0.947. The maximum absolute atomic E-state index is 4.41. The second-order valence-corrected chi connectivity index (χ2v) is 8.03. The number of hydrogen-bond donors (Lipinski definition) is 2. The van der Waals surface area contributed by atoms with Crippen LogP contribution >= 0.6 is 0 Å². The van der Waals surface area contributed by atoms with Crippen LogP contribution < -0.4 is 10.6 Å². The molecule has 0 bridgehead atoms. The molecule has 140 valence electrons. The highest BCUT2D eigenvalue weighted by molar-refractivity contribution is 5.79. The van der Waals surface area contributed by atoms with E-state index < -0.39 is 0 Å². The molecule has 1 heterocycles. The number of likely N-dealkylation sites (tertiary alicyclic amines) is 1. The summed E-state index contributed by atoms with van der Waals surface area (Å²) in [4.78, 5) is 9.51. The summed E-state index contributed by atoms with van der Waals surface area (Å²) in [5, 5.41) is 7.11. The number of nitrogens with one attached hydrogen (secondary N) is 2. The van der Waals surface area contributed by atoms with Gasteiger partial charge >= 0.3 is 0 Å². The Hall–Kier alpha value is -0.810. The lowest BCUT2D eigenvalue weighted by Gasteiger charge is -2.34. The van der Waals surface area contributed by atoms with Gasteiger partial charge in [0.05, 0.1) is 0 Å². The van der Waals surface area contributed by atoms with Gasteiger partial charge in [-0.3, -0.25) is 4.99 Å². The lowest BCUT2D eigenvalue weighted by molar-refractivity contribution is 0.186. The van der Waals surface area contributed by atoms with Crippen molar-refractivity contribution in [3.05, 3.63) is 0 Å². The highest BCUT2D eigenvalue weighted by Crippen LogP contribution is 2.21. The highest BCUT2D eigenvalue weighted by Gasteiger charge is 2.21. The maximum atomic E-state index is 4.41. The van der Waals surface area contributed by atoms with Crippen LogP contribution in [0.4, 0.5) is 0 Å². The van der Waals surface area contributed by atoms with Crippen molar-refractivity contribution in [2.45, 2.75) is 64.5 Å². The number of nitrogens with zero attached hydrogens (tertiary/aromatic N) is 3. The van der Waals surface area contributed by atoms with Gasteiger partial charge in [0.2, 0.25) is 0 Å². The van der Waals surface area contributed by atoms with Gasteiger partial charge in [0.1, 0.15) is 0 Å². The van der Waals surface area contributed by atoms with Crippen molar-refractivity contribution in [1.29, 1.82) is 0 Å². The highest BCUT2D eigenvalue weighted by atomic mass is 15.2. The number of guanidine groups is 1. The number of likely N-dealkylation sites (N-methyl/N-ethyl adjacent to an activating group) is 1. The van der Waals surface area contributed by atoms with E-state index in [1.165, 1.54) is 58.2 Å². The van der Waals surface area contributed by atoms with Gasteiger partial charge in [-0.05, 0) is 38.6 Å². The van der Waals surface area contributed by atoms with Crippen LogP contribution in [0, 0.1) is 5.92 Å².